The van der Waals surface area contributed by atoms with E-state index in [1.54, 1.807) is 11.3 Å². The fraction of sp³-hybridized carbons (Fsp3) is 0.423. The van der Waals surface area contributed by atoms with Gasteiger partial charge in [0.1, 0.15) is 17.4 Å². The molecule has 3 aliphatic heterocycles. The third kappa shape index (κ3) is 2.59. The lowest BCUT2D eigenvalue weighted by atomic mass is 9.68. The third-order valence-electron chi connectivity index (χ3n) is 7.29. The smallest absolute Gasteiger partial charge is 0.132 e. The van der Waals surface area contributed by atoms with Gasteiger partial charge in [-0.3, -0.25) is 0 Å². The maximum atomic E-state index is 6.53. The highest BCUT2D eigenvalue weighted by Crippen LogP contribution is 2.54. The first kappa shape index (κ1) is 18.4. The van der Waals surface area contributed by atoms with Gasteiger partial charge in [0, 0.05) is 35.5 Å². The van der Waals surface area contributed by atoms with Crippen LogP contribution in [-0.4, -0.2) is 24.7 Å². The SMILES string of the molecule is CC1(C)CCN2CCC(C)(C)c3c4c(cc1c32)C=C(c1nc2ccccc2s1)CO4. The zero-order valence-corrected chi connectivity index (χ0v) is 19.0. The average molecular weight is 417 g/mol. The highest BCUT2D eigenvalue weighted by Gasteiger charge is 2.43. The molecule has 0 N–H and O–H groups in total. The molecule has 0 unspecified atom stereocenters. The second kappa shape index (κ2) is 6.10. The summed E-state index contributed by atoms with van der Waals surface area (Å²) in [7, 11) is 0. The number of anilines is 1. The van der Waals surface area contributed by atoms with E-state index in [0.29, 0.717) is 6.61 Å². The largest absolute Gasteiger partial charge is 0.488 e. The van der Waals surface area contributed by atoms with Crippen LogP contribution in [0.15, 0.2) is 30.3 Å². The van der Waals surface area contributed by atoms with Gasteiger partial charge in [-0.25, -0.2) is 4.98 Å². The minimum absolute atomic E-state index is 0.126. The summed E-state index contributed by atoms with van der Waals surface area (Å²) in [6, 6.07) is 10.8. The Balaban J connectivity index is 1.57. The highest BCUT2D eigenvalue weighted by molar-refractivity contribution is 7.19. The maximum Gasteiger partial charge on any atom is 0.132 e. The number of nitrogens with zero attached hydrogens (tertiary/aromatic N) is 2. The minimum Gasteiger partial charge on any atom is -0.488 e. The van der Waals surface area contributed by atoms with Crippen molar-refractivity contribution in [2.24, 2.45) is 0 Å². The molecular weight excluding hydrogens is 388 g/mol. The molecule has 3 aromatic rings. The first-order valence-corrected chi connectivity index (χ1v) is 11.8. The van der Waals surface area contributed by atoms with E-state index in [1.165, 1.54) is 45.5 Å². The molecule has 2 aromatic carbocycles. The van der Waals surface area contributed by atoms with Crippen LogP contribution in [0, 0.1) is 0 Å². The molecule has 0 aliphatic carbocycles. The normalized spacial score (nSPS) is 20.9. The van der Waals surface area contributed by atoms with E-state index in [9.17, 15) is 0 Å². The molecule has 1 aromatic heterocycles. The molecule has 0 saturated carbocycles. The van der Waals surface area contributed by atoms with Crippen LogP contribution >= 0.6 is 11.3 Å². The molecule has 154 valence electrons. The molecule has 0 atom stereocenters. The Hall–Kier alpha value is -2.33. The van der Waals surface area contributed by atoms with Gasteiger partial charge in [-0.2, -0.15) is 0 Å². The third-order valence-corrected chi connectivity index (χ3v) is 8.40. The molecule has 3 aliphatic rings. The number of benzene rings is 2. The van der Waals surface area contributed by atoms with Crippen LogP contribution in [0.4, 0.5) is 5.69 Å². The van der Waals surface area contributed by atoms with Crippen molar-refractivity contribution in [3.05, 3.63) is 52.0 Å². The molecule has 0 fully saturated rings. The second-order valence-corrected chi connectivity index (χ2v) is 11.3. The lowest BCUT2D eigenvalue weighted by Gasteiger charge is -2.49. The topological polar surface area (TPSA) is 25.4 Å². The number of fused-ring (bicyclic) bond motifs is 3. The molecule has 0 saturated heterocycles. The summed E-state index contributed by atoms with van der Waals surface area (Å²) in [4.78, 5) is 7.49. The van der Waals surface area contributed by atoms with Crippen molar-refractivity contribution in [3.63, 3.8) is 0 Å². The van der Waals surface area contributed by atoms with Gasteiger partial charge in [0.15, 0.2) is 0 Å². The van der Waals surface area contributed by atoms with Crippen molar-refractivity contribution >= 4 is 38.9 Å². The molecule has 0 bridgehead atoms. The summed E-state index contributed by atoms with van der Waals surface area (Å²) in [6.07, 6.45) is 4.72. The maximum absolute atomic E-state index is 6.53. The van der Waals surface area contributed by atoms with Crippen LogP contribution in [0.5, 0.6) is 5.75 Å². The second-order valence-electron chi connectivity index (χ2n) is 10.3. The Labute approximate surface area is 182 Å². The van der Waals surface area contributed by atoms with E-state index in [0.717, 1.165) is 29.4 Å². The Morgan fingerprint density at radius 2 is 1.80 bits per heavy atom. The van der Waals surface area contributed by atoms with E-state index in [2.05, 4.69) is 69.0 Å². The number of rotatable bonds is 1. The summed E-state index contributed by atoms with van der Waals surface area (Å²) < 4.78 is 7.77. The van der Waals surface area contributed by atoms with E-state index in [-0.39, 0.29) is 10.8 Å². The molecule has 6 rings (SSSR count). The molecule has 4 heterocycles. The summed E-state index contributed by atoms with van der Waals surface area (Å²) >= 11 is 1.76. The molecule has 3 nitrogen and oxygen atoms in total. The summed E-state index contributed by atoms with van der Waals surface area (Å²) in [5.74, 6) is 1.10. The molecule has 0 spiro atoms. The zero-order chi connectivity index (χ0) is 20.7. The lowest BCUT2D eigenvalue weighted by molar-refractivity contribution is 0.335. The van der Waals surface area contributed by atoms with E-state index >= 15 is 0 Å². The molecule has 4 heteroatoms. The summed E-state index contributed by atoms with van der Waals surface area (Å²) in [5.41, 5.74) is 8.17. The zero-order valence-electron chi connectivity index (χ0n) is 18.2. The number of ether oxygens (including phenoxy) is 1. The number of hydrogen-bond acceptors (Lipinski definition) is 4. The number of aromatic nitrogens is 1. The van der Waals surface area contributed by atoms with Crippen LogP contribution in [0.3, 0.4) is 0 Å². The van der Waals surface area contributed by atoms with Crippen molar-refractivity contribution in [1.82, 2.24) is 4.98 Å². The van der Waals surface area contributed by atoms with Gasteiger partial charge < -0.3 is 9.64 Å². The average Bonchev–Trinajstić information content (AvgIpc) is 3.15. The predicted octanol–water partition coefficient (Wildman–Crippen LogP) is 6.40. The fourth-order valence-electron chi connectivity index (χ4n) is 5.35. The van der Waals surface area contributed by atoms with Gasteiger partial charge in [-0.1, -0.05) is 39.8 Å². The van der Waals surface area contributed by atoms with Gasteiger partial charge in [0.25, 0.3) is 0 Å². The van der Waals surface area contributed by atoms with Crippen LogP contribution in [0.1, 0.15) is 62.2 Å². The van der Waals surface area contributed by atoms with Gasteiger partial charge >= 0.3 is 0 Å². The number of para-hydroxylation sites is 1. The van der Waals surface area contributed by atoms with E-state index < -0.39 is 0 Å². The first-order chi connectivity index (χ1) is 14.3. The summed E-state index contributed by atoms with van der Waals surface area (Å²) in [6.45, 7) is 12.5. The molecule has 0 radical (unpaired) electrons. The molecule has 0 amide bonds. The fourth-order valence-corrected chi connectivity index (χ4v) is 6.31. The van der Waals surface area contributed by atoms with Gasteiger partial charge in [-0.15, -0.1) is 11.3 Å². The Bertz CT molecular complexity index is 1180. The van der Waals surface area contributed by atoms with Crippen molar-refractivity contribution in [2.75, 3.05) is 24.6 Å². The Morgan fingerprint density at radius 3 is 2.60 bits per heavy atom. The minimum atomic E-state index is 0.126. The van der Waals surface area contributed by atoms with Crippen molar-refractivity contribution < 1.29 is 4.74 Å². The van der Waals surface area contributed by atoms with Crippen molar-refractivity contribution in [1.29, 1.82) is 0 Å². The monoisotopic (exact) mass is 416 g/mol. The van der Waals surface area contributed by atoms with Crippen LogP contribution < -0.4 is 9.64 Å². The van der Waals surface area contributed by atoms with Gasteiger partial charge in [0.05, 0.1) is 10.2 Å². The lowest BCUT2D eigenvalue weighted by Crippen LogP contribution is -2.45. The van der Waals surface area contributed by atoms with Crippen LogP contribution in [-0.2, 0) is 10.8 Å². The quantitative estimate of drug-likeness (QED) is 0.459. The number of hydrogen-bond donors (Lipinski definition) is 0. The Kier molecular flexibility index (Phi) is 3.75. The van der Waals surface area contributed by atoms with E-state index in [1.807, 2.05) is 0 Å². The molecule has 30 heavy (non-hydrogen) atoms. The number of thiazole rings is 1. The van der Waals surface area contributed by atoms with E-state index in [4.69, 9.17) is 9.72 Å². The first-order valence-electron chi connectivity index (χ1n) is 11.0. The highest BCUT2D eigenvalue weighted by atomic mass is 32.1. The van der Waals surface area contributed by atoms with Crippen molar-refractivity contribution in [2.45, 2.75) is 51.4 Å². The van der Waals surface area contributed by atoms with Gasteiger partial charge in [-0.05, 0) is 53.5 Å². The van der Waals surface area contributed by atoms with Crippen LogP contribution in [0.2, 0.25) is 0 Å². The van der Waals surface area contributed by atoms with Gasteiger partial charge in [0.2, 0.25) is 0 Å². The standard InChI is InChI=1S/C26H28N2OS/c1-25(2)9-11-28-12-10-26(3,4)21-22(28)18(25)14-16-13-17(15-29-23(16)21)24-27-19-7-5-6-8-20(19)30-24/h5-8,13-14H,9-12,15H2,1-4H3. The van der Waals surface area contributed by atoms with Crippen LogP contribution in [0.25, 0.3) is 21.9 Å². The van der Waals surface area contributed by atoms with Crippen molar-refractivity contribution in [3.8, 4) is 5.75 Å². The Morgan fingerprint density at radius 1 is 1.03 bits per heavy atom. The predicted molar refractivity (Wildman–Crippen MR) is 127 cm³/mol. The summed E-state index contributed by atoms with van der Waals surface area (Å²) in [5, 5.41) is 1.08. The molecular formula is C26H28N2OS.